The first kappa shape index (κ1) is 11.8. The predicted octanol–water partition coefficient (Wildman–Crippen LogP) is 3.81. The summed E-state index contributed by atoms with van der Waals surface area (Å²) in [6, 6.07) is 12.2. The molecule has 0 N–H and O–H groups in total. The number of rotatable bonds is 2. The van der Waals surface area contributed by atoms with Crippen LogP contribution in [0.15, 0.2) is 53.0 Å². The van der Waals surface area contributed by atoms with E-state index in [0.29, 0.717) is 15.8 Å². The molecule has 0 fully saturated rings. The fourth-order valence-corrected chi connectivity index (χ4v) is 1.74. The summed E-state index contributed by atoms with van der Waals surface area (Å²) in [4.78, 5) is 11.8. The van der Waals surface area contributed by atoms with E-state index in [0.717, 1.165) is 0 Å². The number of benzene rings is 2. The number of hydrogen-bond acceptors (Lipinski definition) is 2. The van der Waals surface area contributed by atoms with E-state index in [9.17, 15) is 9.18 Å². The minimum Gasteiger partial charge on any atom is -0.423 e. The summed E-state index contributed by atoms with van der Waals surface area (Å²) in [7, 11) is 0. The van der Waals surface area contributed by atoms with Crippen LogP contribution in [0.2, 0.25) is 0 Å². The molecule has 4 heteroatoms. The van der Waals surface area contributed by atoms with E-state index in [2.05, 4.69) is 15.9 Å². The van der Waals surface area contributed by atoms with Gasteiger partial charge in [-0.1, -0.05) is 12.1 Å². The fourth-order valence-electron chi connectivity index (χ4n) is 1.29. The third kappa shape index (κ3) is 2.91. The van der Waals surface area contributed by atoms with E-state index < -0.39 is 5.97 Å². The molecule has 86 valence electrons. The summed E-state index contributed by atoms with van der Waals surface area (Å²) in [6.07, 6.45) is 0. The molecule has 0 bridgehead atoms. The zero-order valence-electron chi connectivity index (χ0n) is 8.69. The monoisotopic (exact) mass is 294 g/mol. The van der Waals surface area contributed by atoms with Crippen molar-refractivity contribution in [2.75, 3.05) is 0 Å². The SMILES string of the molecule is O=C(Oc1ccc(F)cc1)c1ccccc1Br. The molecule has 2 nitrogen and oxygen atoms in total. The van der Waals surface area contributed by atoms with Crippen LogP contribution in [0.1, 0.15) is 10.4 Å². The lowest BCUT2D eigenvalue weighted by Crippen LogP contribution is -2.09. The van der Waals surface area contributed by atoms with E-state index in [4.69, 9.17) is 4.74 Å². The topological polar surface area (TPSA) is 26.3 Å². The van der Waals surface area contributed by atoms with E-state index in [1.165, 1.54) is 24.3 Å². The number of hydrogen-bond donors (Lipinski definition) is 0. The van der Waals surface area contributed by atoms with Gasteiger partial charge in [-0.3, -0.25) is 0 Å². The second-order valence-corrected chi connectivity index (χ2v) is 4.18. The van der Waals surface area contributed by atoms with Gasteiger partial charge in [0.2, 0.25) is 0 Å². The van der Waals surface area contributed by atoms with Gasteiger partial charge in [-0.2, -0.15) is 0 Å². The maximum absolute atomic E-state index is 12.7. The van der Waals surface area contributed by atoms with Crippen molar-refractivity contribution >= 4 is 21.9 Å². The van der Waals surface area contributed by atoms with E-state index in [1.54, 1.807) is 24.3 Å². The third-order valence-corrected chi connectivity index (χ3v) is 2.81. The molecule has 0 amide bonds. The summed E-state index contributed by atoms with van der Waals surface area (Å²) in [5.41, 5.74) is 0.428. The highest BCUT2D eigenvalue weighted by Crippen LogP contribution is 2.19. The third-order valence-electron chi connectivity index (χ3n) is 2.12. The van der Waals surface area contributed by atoms with Gasteiger partial charge in [0, 0.05) is 4.47 Å². The number of carbonyl (C=O) groups excluding carboxylic acids is 1. The van der Waals surface area contributed by atoms with Crippen LogP contribution in [0.5, 0.6) is 5.75 Å². The first-order chi connectivity index (χ1) is 8.16. The molecule has 0 radical (unpaired) electrons. The molecule has 17 heavy (non-hydrogen) atoms. The molecule has 0 spiro atoms. The van der Waals surface area contributed by atoms with E-state index in [1.807, 2.05) is 0 Å². The van der Waals surface area contributed by atoms with Gasteiger partial charge in [0.25, 0.3) is 0 Å². The highest BCUT2D eigenvalue weighted by atomic mass is 79.9. The van der Waals surface area contributed by atoms with Gasteiger partial charge in [0.05, 0.1) is 5.56 Å². The average Bonchev–Trinajstić information content (AvgIpc) is 2.32. The molecule has 0 aliphatic heterocycles. The molecule has 0 aliphatic rings. The Morgan fingerprint density at radius 3 is 2.35 bits per heavy atom. The van der Waals surface area contributed by atoms with Gasteiger partial charge in [-0.25, -0.2) is 9.18 Å². The maximum Gasteiger partial charge on any atom is 0.344 e. The van der Waals surface area contributed by atoms with Gasteiger partial charge in [-0.15, -0.1) is 0 Å². The Morgan fingerprint density at radius 1 is 1.06 bits per heavy atom. The van der Waals surface area contributed by atoms with Crippen molar-refractivity contribution in [2.45, 2.75) is 0 Å². The lowest BCUT2D eigenvalue weighted by molar-refractivity contribution is 0.0733. The highest BCUT2D eigenvalue weighted by Gasteiger charge is 2.11. The molecular formula is C13H8BrFO2. The van der Waals surface area contributed by atoms with Crippen molar-refractivity contribution in [3.8, 4) is 5.75 Å². The van der Waals surface area contributed by atoms with Gasteiger partial charge in [-0.05, 0) is 52.3 Å². The Labute approximate surface area is 106 Å². The Kier molecular flexibility index (Phi) is 3.54. The molecular weight excluding hydrogens is 287 g/mol. The van der Waals surface area contributed by atoms with Crippen LogP contribution in [-0.4, -0.2) is 5.97 Å². The number of carbonyl (C=O) groups is 1. The fraction of sp³-hybridized carbons (Fsp3) is 0. The zero-order valence-corrected chi connectivity index (χ0v) is 10.3. The Hall–Kier alpha value is -1.68. The van der Waals surface area contributed by atoms with Crippen molar-refractivity contribution in [3.05, 3.63) is 64.4 Å². The molecule has 2 rings (SSSR count). The normalized spacial score (nSPS) is 10.0. The average molecular weight is 295 g/mol. The largest absolute Gasteiger partial charge is 0.423 e. The van der Waals surface area contributed by atoms with Crippen molar-refractivity contribution in [1.29, 1.82) is 0 Å². The molecule has 0 saturated heterocycles. The summed E-state index contributed by atoms with van der Waals surface area (Å²) in [5, 5.41) is 0. The molecule has 2 aromatic carbocycles. The quantitative estimate of drug-likeness (QED) is 0.622. The van der Waals surface area contributed by atoms with Gasteiger partial charge in [0.15, 0.2) is 0 Å². The minimum atomic E-state index is -0.482. The highest BCUT2D eigenvalue weighted by molar-refractivity contribution is 9.10. The van der Waals surface area contributed by atoms with Crippen LogP contribution in [0, 0.1) is 5.82 Å². The zero-order chi connectivity index (χ0) is 12.3. The summed E-state index contributed by atoms with van der Waals surface area (Å²) >= 11 is 3.26. The molecule has 0 aliphatic carbocycles. The Bertz CT molecular complexity index is 537. The van der Waals surface area contributed by atoms with Gasteiger partial charge >= 0.3 is 5.97 Å². The van der Waals surface area contributed by atoms with Crippen molar-refractivity contribution in [3.63, 3.8) is 0 Å². The van der Waals surface area contributed by atoms with Gasteiger partial charge in [0.1, 0.15) is 11.6 Å². The molecule has 0 aromatic heterocycles. The minimum absolute atomic E-state index is 0.312. The van der Waals surface area contributed by atoms with Crippen LogP contribution < -0.4 is 4.74 Å². The first-order valence-corrected chi connectivity index (χ1v) is 5.68. The summed E-state index contributed by atoms with van der Waals surface area (Å²) < 4.78 is 18.4. The van der Waals surface area contributed by atoms with Gasteiger partial charge < -0.3 is 4.74 Å². The smallest absolute Gasteiger partial charge is 0.344 e. The summed E-state index contributed by atoms with van der Waals surface area (Å²) in [6.45, 7) is 0. The van der Waals surface area contributed by atoms with Crippen LogP contribution in [-0.2, 0) is 0 Å². The molecule has 0 unspecified atom stereocenters. The van der Waals surface area contributed by atoms with E-state index in [-0.39, 0.29) is 5.82 Å². The molecule has 0 atom stereocenters. The van der Waals surface area contributed by atoms with Crippen LogP contribution in [0.3, 0.4) is 0 Å². The first-order valence-electron chi connectivity index (χ1n) is 4.89. The lowest BCUT2D eigenvalue weighted by atomic mass is 10.2. The van der Waals surface area contributed by atoms with Crippen LogP contribution in [0.4, 0.5) is 4.39 Å². The second kappa shape index (κ2) is 5.10. The van der Waals surface area contributed by atoms with Crippen molar-refractivity contribution in [2.24, 2.45) is 0 Å². The number of ether oxygens (including phenoxy) is 1. The number of halogens is 2. The molecule has 0 saturated carbocycles. The van der Waals surface area contributed by atoms with E-state index >= 15 is 0 Å². The Balaban J connectivity index is 2.17. The van der Waals surface area contributed by atoms with Crippen molar-refractivity contribution < 1.29 is 13.9 Å². The molecule has 0 heterocycles. The number of esters is 1. The van der Waals surface area contributed by atoms with Crippen LogP contribution >= 0.6 is 15.9 Å². The maximum atomic E-state index is 12.7. The lowest BCUT2D eigenvalue weighted by Gasteiger charge is -2.05. The summed E-state index contributed by atoms with van der Waals surface area (Å²) in [5.74, 6) is -0.540. The predicted molar refractivity (Wildman–Crippen MR) is 65.5 cm³/mol. The van der Waals surface area contributed by atoms with Crippen molar-refractivity contribution in [1.82, 2.24) is 0 Å². The molecule has 2 aromatic rings. The standard InChI is InChI=1S/C13H8BrFO2/c14-12-4-2-1-3-11(12)13(16)17-10-7-5-9(15)6-8-10/h1-8H. The Morgan fingerprint density at radius 2 is 1.71 bits per heavy atom. The van der Waals surface area contributed by atoms with Crippen LogP contribution in [0.25, 0.3) is 0 Å². The second-order valence-electron chi connectivity index (χ2n) is 3.32.